The molecule has 0 spiro atoms. The van der Waals surface area contributed by atoms with Gasteiger partial charge >= 0.3 is 0 Å². The molecule has 0 aliphatic rings. The van der Waals surface area contributed by atoms with Gasteiger partial charge in [-0.15, -0.1) is 0 Å². The van der Waals surface area contributed by atoms with Crippen molar-refractivity contribution in [2.45, 2.75) is 0 Å². The summed E-state index contributed by atoms with van der Waals surface area (Å²) < 4.78 is 4.82. The van der Waals surface area contributed by atoms with E-state index in [1.165, 1.54) is 66.0 Å². The highest BCUT2D eigenvalue weighted by atomic mass is 15.0. The Balaban J connectivity index is 0.884. The van der Waals surface area contributed by atoms with Crippen molar-refractivity contribution >= 4 is 43.6 Å². The fraction of sp³-hybridized carbons (Fsp3) is 0. The summed E-state index contributed by atoms with van der Waals surface area (Å²) in [5, 5.41) is 4.89. The molecule has 0 aliphatic heterocycles. The van der Waals surface area contributed by atoms with Gasteiger partial charge in [-0.1, -0.05) is 194 Å². The Morgan fingerprint density at radius 1 is 0.235 bits per heavy atom. The summed E-state index contributed by atoms with van der Waals surface area (Å²) in [7, 11) is 0. The van der Waals surface area contributed by atoms with E-state index in [0.717, 1.165) is 39.0 Å². The van der Waals surface area contributed by atoms with E-state index in [4.69, 9.17) is 15.0 Å². The molecule has 3 aromatic heterocycles. The molecule has 13 rings (SSSR count). The zero-order valence-corrected chi connectivity index (χ0v) is 36.9. The molecule has 5 nitrogen and oxygen atoms in total. The molecule has 0 saturated heterocycles. The van der Waals surface area contributed by atoms with Crippen molar-refractivity contribution in [1.82, 2.24) is 24.1 Å². The van der Waals surface area contributed by atoms with Crippen LogP contribution in [0.15, 0.2) is 249 Å². The van der Waals surface area contributed by atoms with E-state index in [2.05, 4.69) is 197 Å². The Labute approximate surface area is 393 Å². The van der Waals surface area contributed by atoms with Gasteiger partial charge in [0.15, 0.2) is 17.5 Å². The molecule has 68 heavy (non-hydrogen) atoms. The van der Waals surface area contributed by atoms with Crippen molar-refractivity contribution in [3.05, 3.63) is 249 Å². The smallest absolute Gasteiger partial charge is 0.164 e. The lowest BCUT2D eigenvalue weighted by Crippen LogP contribution is -2.00. The van der Waals surface area contributed by atoms with Crippen molar-refractivity contribution in [2.75, 3.05) is 0 Å². The van der Waals surface area contributed by atoms with E-state index in [1.54, 1.807) is 0 Å². The standard InChI is InChI=1S/C63H41N5/c1-4-17-43(18-5-1)51-25-10-13-28-56(51)68-58-30-15-12-27-53(58)55-40-47(34-38-59(55)68)42-31-35-50(36-32-42)67-57-29-14-11-26-52(57)54-37-33-48(41-60(54)67)46-23-16-24-49(39-46)63-65-61(44-19-6-2-7-20-44)64-62(66-63)45-21-8-3-9-22-45/h1-41H. The maximum Gasteiger partial charge on any atom is 0.164 e. The first kappa shape index (κ1) is 39.2. The SMILES string of the molecule is c1ccc(-c2nc(-c3ccccc3)nc(-c3cccc(-c4ccc5c6ccccc6n(-c6ccc(-c7ccc8c(c7)c7ccccc7n8-c7ccccc7-c7ccccc7)cc6)c5c4)c3)n2)cc1. The summed E-state index contributed by atoms with van der Waals surface area (Å²) in [4.78, 5) is 15.0. The lowest BCUT2D eigenvalue weighted by atomic mass is 10.0. The third kappa shape index (κ3) is 6.76. The fourth-order valence-corrected chi connectivity index (χ4v) is 9.95. The van der Waals surface area contributed by atoms with Crippen LogP contribution in [0.3, 0.4) is 0 Å². The first-order valence-corrected chi connectivity index (χ1v) is 23.0. The summed E-state index contributed by atoms with van der Waals surface area (Å²) in [5.41, 5.74) is 16.7. The summed E-state index contributed by atoms with van der Waals surface area (Å²) in [6.45, 7) is 0. The number of rotatable bonds is 8. The van der Waals surface area contributed by atoms with E-state index in [1.807, 2.05) is 60.7 Å². The van der Waals surface area contributed by atoms with Crippen LogP contribution in [0, 0.1) is 0 Å². The van der Waals surface area contributed by atoms with Crippen LogP contribution in [0.5, 0.6) is 0 Å². The van der Waals surface area contributed by atoms with Gasteiger partial charge in [0.05, 0.1) is 27.8 Å². The van der Waals surface area contributed by atoms with E-state index < -0.39 is 0 Å². The van der Waals surface area contributed by atoms with Crippen LogP contribution in [0.25, 0.3) is 123 Å². The first-order valence-electron chi connectivity index (χ1n) is 23.0. The molecule has 318 valence electrons. The summed E-state index contributed by atoms with van der Waals surface area (Å²) in [5.74, 6) is 1.92. The summed E-state index contributed by atoms with van der Waals surface area (Å²) in [6, 6.07) is 88.4. The molecule has 13 aromatic rings. The van der Waals surface area contributed by atoms with E-state index >= 15 is 0 Å². The minimum absolute atomic E-state index is 0.633. The van der Waals surface area contributed by atoms with Crippen LogP contribution in [0.2, 0.25) is 0 Å². The third-order valence-corrected chi connectivity index (χ3v) is 13.2. The fourth-order valence-electron chi connectivity index (χ4n) is 9.95. The lowest BCUT2D eigenvalue weighted by Gasteiger charge is -2.14. The van der Waals surface area contributed by atoms with Gasteiger partial charge in [-0.2, -0.15) is 0 Å². The molecule has 10 aromatic carbocycles. The molecule has 0 fully saturated rings. The topological polar surface area (TPSA) is 48.5 Å². The minimum atomic E-state index is 0.633. The molecule has 0 atom stereocenters. The van der Waals surface area contributed by atoms with Gasteiger partial charge in [-0.3, -0.25) is 0 Å². The van der Waals surface area contributed by atoms with Gasteiger partial charge < -0.3 is 9.13 Å². The summed E-state index contributed by atoms with van der Waals surface area (Å²) >= 11 is 0. The zero-order chi connectivity index (χ0) is 45.0. The van der Waals surface area contributed by atoms with Crippen LogP contribution in [-0.2, 0) is 0 Å². The molecule has 0 radical (unpaired) electrons. The largest absolute Gasteiger partial charge is 0.309 e. The van der Waals surface area contributed by atoms with E-state index in [0.29, 0.717) is 17.5 Å². The predicted octanol–water partition coefficient (Wildman–Crippen LogP) is 16.1. The van der Waals surface area contributed by atoms with E-state index in [-0.39, 0.29) is 0 Å². The molecule has 0 unspecified atom stereocenters. The number of aromatic nitrogens is 5. The molecular formula is C63H41N5. The highest BCUT2D eigenvalue weighted by Gasteiger charge is 2.18. The Morgan fingerprint density at radius 2 is 0.691 bits per heavy atom. The highest BCUT2D eigenvalue weighted by molar-refractivity contribution is 6.12. The Hall–Kier alpha value is -9.19. The van der Waals surface area contributed by atoms with Gasteiger partial charge in [0.2, 0.25) is 0 Å². The van der Waals surface area contributed by atoms with Crippen molar-refractivity contribution in [1.29, 1.82) is 0 Å². The van der Waals surface area contributed by atoms with Gasteiger partial charge in [-0.05, 0) is 82.4 Å². The number of para-hydroxylation sites is 3. The average Bonchev–Trinajstić information content (AvgIpc) is 3.93. The minimum Gasteiger partial charge on any atom is -0.309 e. The Kier molecular flexibility index (Phi) is 9.43. The van der Waals surface area contributed by atoms with Gasteiger partial charge in [-0.25, -0.2) is 15.0 Å². The Bertz CT molecular complexity index is 3940. The third-order valence-electron chi connectivity index (χ3n) is 13.2. The van der Waals surface area contributed by atoms with Gasteiger partial charge in [0.1, 0.15) is 0 Å². The summed E-state index contributed by atoms with van der Waals surface area (Å²) in [6.07, 6.45) is 0. The molecule has 5 heteroatoms. The molecule has 0 aliphatic carbocycles. The van der Waals surface area contributed by atoms with Crippen LogP contribution in [0.1, 0.15) is 0 Å². The number of hydrogen-bond acceptors (Lipinski definition) is 3. The maximum absolute atomic E-state index is 5.02. The second-order valence-corrected chi connectivity index (χ2v) is 17.2. The lowest BCUT2D eigenvalue weighted by molar-refractivity contribution is 1.07. The van der Waals surface area contributed by atoms with Crippen molar-refractivity contribution in [3.63, 3.8) is 0 Å². The number of nitrogens with zero attached hydrogens (tertiary/aromatic N) is 5. The van der Waals surface area contributed by atoms with Crippen LogP contribution < -0.4 is 0 Å². The second-order valence-electron chi connectivity index (χ2n) is 17.2. The first-order chi connectivity index (χ1) is 33.7. The van der Waals surface area contributed by atoms with E-state index in [9.17, 15) is 0 Å². The monoisotopic (exact) mass is 867 g/mol. The van der Waals surface area contributed by atoms with Crippen molar-refractivity contribution in [3.8, 4) is 78.9 Å². The van der Waals surface area contributed by atoms with Crippen molar-refractivity contribution < 1.29 is 0 Å². The quantitative estimate of drug-likeness (QED) is 0.153. The molecule has 0 amide bonds. The number of hydrogen-bond donors (Lipinski definition) is 0. The predicted molar refractivity (Wildman–Crippen MR) is 281 cm³/mol. The van der Waals surface area contributed by atoms with Gasteiger partial charge in [0, 0.05) is 49.5 Å². The molecule has 0 N–H and O–H groups in total. The number of benzene rings is 10. The number of fused-ring (bicyclic) bond motifs is 6. The van der Waals surface area contributed by atoms with Crippen LogP contribution >= 0.6 is 0 Å². The van der Waals surface area contributed by atoms with Crippen LogP contribution in [0.4, 0.5) is 0 Å². The van der Waals surface area contributed by atoms with Crippen LogP contribution in [-0.4, -0.2) is 24.1 Å². The second kappa shape index (κ2) is 16.4. The molecule has 3 heterocycles. The highest BCUT2D eigenvalue weighted by Crippen LogP contribution is 2.40. The molecule has 0 bridgehead atoms. The van der Waals surface area contributed by atoms with Crippen molar-refractivity contribution in [2.24, 2.45) is 0 Å². The molecular weight excluding hydrogens is 827 g/mol. The Morgan fingerprint density at radius 3 is 1.38 bits per heavy atom. The normalized spacial score (nSPS) is 11.5. The maximum atomic E-state index is 5.02. The zero-order valence-electron chi connectivity index (χ0n) is 36.9. The van der Waals surface area contributed by atoms with Gasteiger partial charge in [0.25, 0.3) is 0 Å². The average molecular weight is 868 g/mol. The molecule has 0 saturated carbocycles.